The van der Waals surface area contributed by atoms with Crippen LogP contribution in [-0.4, -0.2) is 36.6 Å². The largest absolute Gasteiger partial charge is 0.394 e. The van der Waals surface area contributed by atoms with Gasteiger partial charge >= 0.3 is 0 Å². The molecule has 0 aliphatic rings. The number of aliphatic hydroxyl groups is 1. The molecule has 0 saturated heterocycles. The van der Waals surface area contributed by atoms with Gasteiger partial charge in [-0.15, -0.1) is 0 Å². The maximum absolute atomic E-state index is 10.5. The molecule has 1 amide bonds. The van der Waals surface area contributed by atoms with Gasteiger partial charge in [-0.05, 0) is 13.8 Å². The van der Waals surface area contributed by atoms with Crippen LogP contribution in [0.2, 0.25) is 0 Å². The highest BCUT2D eigenvalue weighted by molar-refractivity contribution is 5.74. The van der Waals surface area contributed by atoms with Crippen molar-refractivity contribution in [3.05, 3.63) is 0 Å². The summed E-state index contributed by atoms with van der Waals surface area (Å²) in [5.74, 6) is -0.497. The van der Waals surface area contributed by atoms with Crippen molar-refractivity contribution in [2.45, 2.75) is 32.7 Å². The Morgan fingerprint density at radius 3 is 2.62 bits per heavy atom. The monoisotopic (exact) mass is 191 g/mol. The van der Waals surface area contributed by atoms with Gasteiger partial charge in [0.15, 0.2) is 6.29 Å². The first kappa shape index (κ1) is 12.3. The van der Waals surface area contributed by atoms with E-state index in [2.05, 4.69) is 0 Å². The first-order chi connectivity index (χ1) is 6.10. The molecule has 0 aromatic carbocycles. The Hall–Kier alpha value is -0.650. The molecule has 3 N–H and O–H groups in total. The number of ether oxygens (including phenoxy) is 2. The van der Waals surface area contributed by atoms with Crippen LogP contribution in [0.4, 0.5) is 0 Å². The van der Waals surface area contributed by atoms with E-state index in [0.717, 1.165) is 0 Å². The van der Waals surface area contributed by atoms with Crippen molar-refractivity contribution >= 4 is 5.91 Å². The first-order valence-corrected chi connectivity index (χ1v) is 4.26. The predicted molar refractivity (Wildman–Crippen MR) is 46.9 cm³/mol. The summed E-state index contributed by atoms with van der Waals surface area (Å²) >= 11 is 0. The van der Waals surface area contributed by atoms with Gasteiger partial charge in [0.05, 0.1) is 19.1 Å². The molecule has 0 aliphatic carbocycles. The number of rotatable bonds is 7. The van der Waals surface area contributed by atoms with Gasteiger partial charge in [0.25, 0.3) is 0 Å². The molecule has 0 fully saturated rings. The molecular formula is C8H17NO4. The molecule has 0 heterocycles. The number of hydrogen-bond donors (Lipinski definition) is 2. The Morgan fingerprint density at radius 2 is 2.23 bits per heavy atom. The number of hydrogen-bond acceptors (Lipinski definition) is 4. The molecule has 0 rings (SSSR count). The minimum atomic E-state index is -0.570. The molecule has 0 aliphatic heterocycles. The molecule has 5 heteroatoms. The molecule has 0 spiro atoms. The number of aliphatic hydroxyl groups excluding tert-OH is 1. The van der Waals surface area contributed by atoms with E-state index in [9.17, 15) is 4.79 Å². The van der Waals surface area contributed by atoms with Gasteiger partial charge in [-0.2, -0.15) is 0 Å². The summed E-state index contributed by atoms with van der Waals surface area (Å²) in [4.78, 5) is 10.5. The molecule has 0 radical (unpaired) electrons. The van der Waals surface area contributed by atoms with Crippen LogP contribution in [0.25, 0.3) is 0 Å². The van der Waals surface area contributed by atoms with Crippen molar-refractivity contribution in [1.82, 2.24) is 0 Å². The number of primary amides is 1. The Morgan fingerprint density at radius 1 is 1.62 bits per heavy atom. The van der Waals surface area contributed by atoms with E-state index in [-0.39, 0.29) is 13.0 Å². The third-order valence-electron chi connectivity index (χ3n) is 1.42. The maximum atomic E-state index is 10.5. The smallest absolute Gasteiger partial charge is 0.220 e. The zero-order chi connectivity index (χ0) is 10.3. The molecular weight excluding hydrogens is 174 g/mol. The van der Waals surface area contributed by atoms with Crippen LogP contribution in [0.15, 0.2) is 0 Å². The van der Waals surface area contributed by atoms with E-state index in [4.69, 9.17) is 20.3 Å². The molecule has 5 nitrogen and oxygen atoms in total. The molecule has 0 saturated carbocycles. The van der Waals surface area contributed by atoms with Crippen LogP contribution in [0.5, 0.6) is 0 Å². The van der Waals surface area contributed by atoms with Gasteiger partial charge < -0.3 is 20.3 Å². The first-order valence-electron chi connectivity index (χ1n) is 4.26. The summed E-state index contributed by atoms with van der Waals surface area (Å²) in [7, 11) is 0. The lowest BCUT2D eigenvalue weighted by Crippen LogP contribution is -2.30. The van der Waals surface area contributed by atoms with E-state index in [0.29, 0.717) is 6.61 Å². The van der Waals surface area contributed by atoms with Crippen LogP contribution in [-0.2, 0) is 14.3 Å². The Balaban J connectivity index is 3.75. The lowest BCUT2D eigenvalue weighted by Gasteiger charge is -2.19. The van der Waals surface area contributed by atoms with Crippen LogP contribution in [0, 0.1) is 0 Å². The van der Waals surface area contributed by atoms with Crippen molar-refractivity contribution in [2.24, 2.45) is 5.73 Å². The SMILES string of the molecule is CCOC(C)O[C@H](CO)CC(N)=O. The highest BCUT2D eigenvalue weighted by atomic mass is 16.7. The van der Waals surface area contributed by atoms with Gasteiger partial charge in [-0.25, -0.2) is 0 Å². The van der Waals surface area contributed by atoms with Crippen LogP contribution < -0.4 is 5.73 Å². The summed E-state index contributed by atoms with van der Waals surface area (Å²) in [6, 6.07) is 0. The van der Waals surface area contributed by atoms with Crippen molar-refractivity contribution in [3.63, 3.8) is 0 Å². The van der Waals surface area contributed by atoms with Gasteiger partial charge in [0.2, 0.25) is 5.91 Å². The normalized spacial score (nSPS) is 15.3. The summed E-state index contributed by atoms with van der Waals surface area (Å²) < 4.78 is 10.2. The predicted octanol–water partition coefficient (Wildman–Crippen LogP) is -0.378. The highest BCUT2D eigenvalue weighted by Gasteiger charge is 2.14. The van der Waals surface area contributed by atoms with E-state index in [1.165, 1.54) is 0 Å². The fourth-order valence-corrected chi connectivity index (χ4v) is 0.925. The molecule has 78 valence electrons. The Bertz CT molecular complexity index is 151. The summed E-state index contributed by atoms with van der Waals surface area (Å²) in [6.45, 7) is 3.82. The second-order valence-corrected chi connectivity index (χ2v) is 2.63. The second kappa shape index (κ2) is 6.82. The fourth-order valence-electron chi connectivity index (χ4n) is 0.925. The van der Waals surface area contributed by atoms with E-state index in [1.54, 1.807) is 6.92 Å². The molecule has 13 heavy (non-hydrogen) atoms. The van der Waals surface area contributed by atoms with E-state index in [1.807, 2.05) is 6.92 Å². The molecule has 1 unspecified atom stereocenters. The minimum Gasteiger partial charge on any atom is -0.394 e. The zero-order valence-corrected chi connectivity index (χ0v) is 8.03. The average Bonchev–Trinajstić information content (AvgIpc) is 2.02. The van der Waals surface area contributed by atoms with Crippen LogP contribution in [0.1, 0.15) is 20.3 Å². The van der Waals surface area contributed by atoms with Gasteiger partial charge in [0.1, 0.15) is 0 Å². The third kappa shape index (κ3) is 6.51. The van der Waals surface area contributed by atoms with Crippen molar-refractivity contribution < 1.29 is 19.4 Å². The Kier molecular flexibility index (Phi) is 6.48. The number of carbonyl (C=O) groups excluding carboxylic acids is 1. The highest BCUT2D eigenvalue weighted by Crippen LogP contribution is 2.03. The van der Waals surface area contributed by atoms with Gasteiger partial charge in [-0.3, -0.25) is 4.79 Å². The van der Waals surface area contributed by atoms with Gasteiger partial charge in [-0.1, -0.05) is 0 Å². The van der Waals surface area contributed by atoms with E-state index >= 15 is 0 Å². The Labute approximate surface area is 77.8 Å². The average molecular weight is 191 g/mol. The number of amides is 1. The summed E-state index contributed by atoms with van der Waals surface area (Å²) in [5.41, 5.74) is 4.95. The van der Waals surface area contributed by atoms with Crippen molar-refractivity contribution in [3.8, 4) is 0 Å². The quantitative estimate of drug-likeness (QED) is 0.537. The topological polar surface area (TPSA) is 81.8 Å². The number of carbonyl (C=O) groups is 1. The lowest BCUT2D eigenvalue weighted by molar-refractivity contribution is -0.169. The van der Waals surface area contributed by atoms with E-state index < -0.39 is 18.3 Å². The summed E-state index contributed by atoms with van der Waals surface area (Å²) in [6.07, 6.45) is -0.992. The van der Waals surface area contributed by atoms with Gasteiger partial charge in [0, 0.05) is 6.61 Å². The molecule has 2 atom stereocenters. The lowest BCUT2D eigenvalue weighted by atomic mass is 10.2. The maximum Gasteiger partial charge on any atom is 0.220 e. The van der Waals surface area contributed by atoms with Crippen molar-refractivity contribution in [1.29, 1.82) is 0 Å². The van der Waals surface area contributed by atoms with Crippen LogP contribution >= 0.6 is 0 Å². The standard InChI is InChI=1S/C8H17NO4/c1-3-12-6(2)13-7(5-10)4-8(9)11/h6-7,10H,3-5H2,1-2H3,(H2,9,11)/t6?,7-/m0/s1. The minimum absolute atomic E-state index is 0.00785. The third-order valence-corrected chi connectivity index (χ3v) is 1.42. The zero-order valence-electron chi connectivity index (χ0n) is 8.03. The molecule has 0 aromatic rings. The second-order valence-electron chi connectivity index (χ2n) is 2.63. The molecule has 0 aromatic heterocycles. The molecule has 0 bridgehead atoms. The fraction of sp³-hybridized carbons (Fsp3) is 0.875. The number of nitrogens with two attached hydrogens (primary N) is 1. The summed E-state index contributed by atoms with van der Waals surface area (Å²) in [5, 5.41) is 8.80. The van der Waals surface area contributed by atoms with Crippen LogP contribution in [0.3, 0.4) is 0 Å². The van der Waals surface area contributed by atoms with Crippen molar-refractivity contribution in [2.75, 3.05) is 13.2 Å².